The molecule has 0 aliphatic rings. The molecule has 2 aromatic rings. The van der Waals surface area contributed by atoms with Crippen molar-refractivity contribution in [1.29, 1.82) is 0 Å². The van der Waals surface area contributed by atoms with Crippen LogP contribution in [-0.2, 0) is 20.6 Å². The van der Waals surface area contributed by atoms with Crippen LogP contribution in [0.2, 0.25) is 0 Å². The number of carbonyl (C=O) groups is 3. The van der Waals surface area contributed by atoms with Crippen LogP contribution in [0.4, 0.5) is 24.0 Å². The van der Waals surface area contributed by atoms with Gasteiger partial charge in [-0.05, 0) is 24.3 Å². The zero-order chi connectivity index (χ0) is 20.9. The second-order valence-corrected chi connectivity index (χ2v) is 6.31. The number of benzene rings is 1. The highest BCUT2D eigenvalue weighted by Crippen LogP contribution is 2.34. The van der Waals surface area contributed by atoms with Gasteiger partial charge in [0.2, 0.25) is 17.7 Å². The van der Waals surface area contributed by atoms with Crippen molar-refractivity contribution < 1.29 is 27.6 Å². The summed E-state index contributed by atoms with van der Waals surface area (Å²) in [5.74, 6) is -1.80. The maximum atomic E-state index is 12.9. The second-order valence-electron chi connectivity index (χ2n) is 5.47. The van der Waals surface area contributed by atoms with Gasteiger partial charge in [-0.25, -0.2) is 4.98 Å². The number of halogens is 3. The molecule has 7 nitrogen and oxygen atoms in total. The van der Waals surface area contributed by atoms with Crippen LogP contribution in [-0.4, -0.2) is 29.3 Å². The van der Waals surface area contributed by atoms with E-state index in [1.54, 1.807) is 0 Å². The number of primary amides is 1. The van der Waals surface area contributed by atoms with Crippen molar-refractivity contribution in [1.82, 2.24) is 10.3 Å². The molecule has 1 aromatic heterocycles. The molecule has 28 heavy (non-hydrogen) atoms. The van der Waals surface area contributed by atoms with Gasteiger partial charge < -0.3 is 11.1 Å². The standard InChI is InChI=1S/C17H15F3N4O3S/c1-10(25)24(13-4-2-3-11(7-13)17(18,19)20)16-23-12(9-28-16)5-6-15(27)22-8-14(21)26/h2-7,9H,8H2,1H3,(H2,21,26)(H,22,27)/b6-5+. The normalized spacial score (nSPS) is 11.4. The lowest BCUT2D eigenvalue weighted by Gasteiger charge is -2.19. The number of thiazole rings is 1. The van der Waals surface area contributed by atoms with Crippen LogP contribution in [0.5, 0.6) is 0 Å². The predicted molar refractivity (Wildman–Crippen MR) is 97.6 cm³/mol. The Morgan fingerprint density at radius 1 is 1.32 bits per heavy atom. The van der Waals surface area contributed by atoms with Gasteiger partial charge in [-0.1, -0.05) is 6.07 Å². The SMILES string of the molecule is CC(=O)N(c1cccc(C(F)(F)F)c1)c1nc(/C=C/C(=O)NCC(N)=O)cs1. The Morgan fingerprint density at radius 2 is 2.04 bits per heavy atom. The molecule has 0 bridgehead atoms. The quantitative estimate of drug-likeness (QED) is 0.711. The number of nitrogens with one attached hydrogen (secondary N) is 1. The molecule has 3 amide bonds. The van der Waals surface area contributed by atoms with E-state index in [9.17, 15) is 27.6 Å². The molecule has 0 aliphatic carbocycles. The minimum Gasteiger partial charge on any atom is -0.368 e. The third-order valence-corrected chi connectivity index (χ3v) is 4.13. The number of aromatic nitrogens is 1. The average Bonchev–Trinajstić information content (AvgIpc) is 3.06. The lowest BCUT2D eigenvalue weighted by atomic mass is 10.2. The molecule has 0 saturated carbocycles. The highest BCUT2D eigenvalue weighted by Gasteiger charge is 2.31. The Balaban J connectivity index is 2.24. The van der Waals surface area contributed by atoms with Crippen LogP contribution in [0.3, 0.4) is 0 Å². The fraction of sp³-hybridized carbons (Fsp3) is 0.176. The number of carbonyl (C=O) groups excluding carboxylic acids is 3. The Hall–Kier alpha value is -3.21. The van der Waals surface area contributed by atoms with Crippen molar-refractivity contribution in [3.05, 3.63) is 47.0 Å². The predicted octanol–water partition coefficient (Wildman–Crippen LogP) is 2.46. The van der Waals surface area contributed by atoms with E-state index in [1.165, 1.54) is 30.5 Å². The summed E-state index contributed by atoms with van der Waals surface area (Å²) in [5, 5.41) is 3.92. The van der Waals surface area contributed by atoms with Gasteiger partial charge in [-0.3, -0.25) is 19.3 Å². The molecule has 2 rings (SSSR count). The van der Waals surface area contributed by atoms with Crippen LogP contribution in [0.25, 0.3) is 6.08 Å². The van der Waals surface area contributed by atoms with E-state index in [4.69, 9.17) is 5.73 Å². The summed E-state index contributed by atoms with van der Waals surface area (Å²) < 4.78 is 38.8. The fourth-order valence-corrected chi connectivity index (χ4v) is 2.95. The summed E-state index contributed by atoms with van der Waals surface area (Å²) in [4.78, 5) is 39.3. The maximum Gasteiger partial charge on any atom is 0.416 e. The first-order valence-electron chi connectivity index (χ1n) is 7.75. The van der Waals surface area contributed by atoms with E-state index in [1.807, 2.05) is 0 Å². The zero-order valence-electron chi connectivity index (χ0n) is 14.5. The number of nitrogens with zero attached hydrogens (tertiary/aromatic N) is 2. The monoisotopic (exact) mass is 412 g/mol. The van der Waals surface area contributed by atoms with Crippen LogP contribution >= 0.6 is 11.3 Å². The topological polar surface area (TPSA) is 105 Å². The molecular formula is C17H15F3N4O3S. The smallest absolute Gasteiger partial charge is 0.368 e. The second kappa shape index (κ2) is 8.65. The molecule has 1 aromatic carbocycles. The Labute approximate surface area is 161 Å². The van der Waals surface area contributed by atoms with Crippen molar-refractivity contribution in [2.24, 2.45) is 5.73 Å². The van der Waals surface area contributed by atoms with E-state index in [0.29, 0.717) is 5.69 Å². The largest absolute Gasteiger partial charge is 0.416 e. The first kappa shape index (κ1) is 21.1. The third-order valence-electron chi connectivity index (χ3n) is 3.29. The van der Waals surface area contributed by atoms with Gasteiger partial charge in [0.25, 0.3) is 0 Å². The number of rotatable bonds is 6. The van der Waals surface area contributed by atoms with E-state index in [-0.39, 0.29) is 17.4 Å². The van der Waals surface area contributed by atoms with Crippen molar-refractivity contribution in [3.8, 4) is 0 Å². The fourth-order valence-electron chi connectivity index (χ4n) is 2.10. The molecule has 0 atom stereocenters. The molecular weight excluding hydrogens is 397 g/mol. The first-order chi connectivity index (χ1) is 13.1. The first-order valence-corrected chi connectivity index (χ1v) is 8.63. The van der Waals surface area contributed by atoms with Crippen molar-refractivity contribution in [2.75, 3.05) is 11.4 Å². The zero-order valence-corrected chi connectivity index (χ0v) is 15.3. The Bertz CT molecular complexity index is 924. The van der Waals surface area contributed by atoms with Crippen molar-refractivity contribution in [3.63, 3.8) is 0 Å². The van der Waals surface area contributed by atoms with Crippen molar-refractivity contribution in [2.45, 2.75) is 13.1 Å². The molecule has 0 spiro atoms. The highest BCUT2D eigenvalue weighted by atomic mass is 32.1. The lowest BCUT2D eigenvalue weighted by Crippen LogP contribution is -2.32. The summed E-state index contributed by atoms with van der Waals surface area (Å²) in [6.45, 7) is 0.883. The van der Waals surface area contributed by atoms with Gasteiger partial charge in [0.15, 0.2) is 5.13 Å². The van der Waals surface area contributed by atoms with Crippen LogP contribution in [0.1, 0.15) is 18.2 Å². The van der Waals surface area contributed by atoms with E-state index >= 15 is 0 Å². The molecule has 0 unspecified atom stereocenters. The van der Waals surface area contributed by atoms with Crippen molar-refractivity contribution >= 4 is 46.0 Å². The number of alkyl halides is 3. The molecule has 11 heteroatoms. The van der Waals surface area contributed by atoms with E-state index < -0.39 is 29.5 Å². The van der Waals surface area contributed by atoms with Crippen LogP contribution < -0.4 is 16.0 Å². The summed E-state index contributed by atoms with van der Waals surface area (Å²) in [6, 6.07) is 4.33. The van der Waals surface area contributed by atoms with E-state index in [0.717, 1.165) is 34.4 Å². The molecule has 3 N–H and O–H groups in total. The van der Waals surface area contributed by atoms with Gasteiger partial charge in [0.1, 0.15) is 0 Å². The van der Waals surface area contributed by atoms with Gasteiger partial charge in [-0.2, -0.15) is 13.2 Å². The lowest BCUT2D eigenvalue weighted by molar-refractivity contribution is -0.137. The molecule has 0 aliphatic heterocycles. The number of amides is 3. The minimum absolute atomic E-state index is 0.0198. The van der Waals surface area contributed by atoms with Crippen LogP contribution in [0.15, 0.2) is 35.7 Å². The Morgan fingerprint density at radius 3 is 2.64 bits per heavy atom. The summed E-state index contributed by atoms with van der Waals surface area (Å²) in [5.41, 5.74) is 4.35. The Kier molecular flexibility index (Phi) is 6.52. The van der Waals surface area contributed by atoms with E-state index in [2.05, 4.69) is 10.3 Å². The highest BCUT2D eigenvalue weighted by molar-refractivity contribution is 7.14. The summed E-state index contributed by atoms with van der Waals surface area (Å²) in [6.07, 6.45) is -2.10. The van der Waals surface area contributed by atoms with Gasteiger partial charge >= 0.3 is 6.18 Å². The molecule has 148 valence electrons. The molecule has 0 saturated heterocycles. The molecule has 1 heterocycles. The molecule has 0 fully saturated rings. The van der Waals surface area contributed by atoms with Gasteiger partial charge in [0, 0.05) is 18.4 Å². The van der Waals surface area contributed by atoms with Gasteiger partial charge in [-0.15, -0.1) is 11.3 Å². The number of hydrogen-bond acceptors (Lipinski definition) is 5. The summed E-state index contributed by atoms with van der Waals surface area (Å²) >= 11 is 1.02. The number of nitrogens with two attached hydrogens (primary N) is 1. The average molecular weight is 412 g/mol. The third kappa shape index (κ3) is 5.64. The summed E-state index contributed by atoms with van der Waals surface area (Å²) in [7, 11) is 0. The maximum absolute atomic E-state index is 12.9. The number of anilines is 2. The molecule has 0 radical (unpaired) electrons. The minimum atomic E-state index is -4.55. The van der Waals surface area contributed by atoms with Gasteiger partial charge in [0.05, 0.1) is 23.5 Å². The number of hydrogen-bond donors (Lipinski definition) is 2. The van der Waals surface area contributed by atoms with Crippen LogP contribution in [0, 0.1) is 0 Å².